The number of rotatable bonds is 3. The van der Waals surface area contributed by atoms with Gasteiger partial charge in [0, 0.05) is 5.69 Å². The second-order valence-electron chi connectivity index (χ2n) is 6.02. The highest BCUT2D eigenvalue weighted by Crippen LogP contribution is 2.29. The number of nitrogens with two attached hydrogens (primary N) is 1. The molecule has 0 bridgehead atoms. The van der Waals surface area contributed by atoms with Crippen LogP contribution in [0.1, 0.15) is 61.8 Å². The molecule has 3 N–H and O–H groups in total. The molecule has 0 aromatic carbocycles. The van der Waals surface area contributed by atoms with E-state index in [-0.39, 0.29) is 11.9 Å². The van der Waals surface area contributed by atoms with Crippen LogP contribution in [0.3, 0.4) is 0 Å². The van der Waals surface area contributed by atoms with Gasteiger partial charge in [-0.15, -0.1) is 0 Å². The van der Waals surface area contributed by atoms with E-state index >= 15 is 0 Å². The lowest BCUT2D eigenvalue weighted by molar-refractivity contribution is 0.148. The van der Waals surface area contributed by atoms with E-state index in [1.54, 1.807) is 0 Å². The van der Waals surface area contributed by atoms with Crippen molar-refractivity contribution in [1.29, 1.82) is 0 Å². The standard InChI is InChI=1S/C16H23N3O2/c17-15(19-20)13-10-11-6-4-5-9-14(11)18-16(13)21-12-7-2-1-3-8-12/h10,12,20H,1-9H2,(H2,17,19). The normalized spacial score (nSPS) is 20.1. The summed E-state index contributed by atoms with van der Waals surface area (Å²) in [6.45, 7) is 0. The summed E-state index contributed by atoms with van der Waals surface area (Å²) < 4.78 is 6.09. The first-order valence-electron chi connectivity index (χ1n) is 7.95. The fraction of sp³-hybridized carbons (Fsp3) is 0.625. The molecule has 114 valence electrons. The first-order valence-corrected chi connectivity index (χ1v) is 7.95. The van der Waals surface area contributed by atoms with Gasteiger partial charge in [0.1, 0.15) is 6.10 Å². The lowest BCUT2D eigenvalue weighted by Gasteiger charge is -2.25. The van der Waals surface area contributed by atoms with Crippen LogP contribution >= 0.6 is 0 Å². The molecule has 0 aliphatic heterocycles. The number of oxime groups is 1. The number of fused-ring (bicyclic) bond motifs is 1. The highest BCUT2D eigenvalue weighted by molar-refractivity contribution is 5.99. The number of hydrogen-bond donors (Lipinski definition) is 2. The molecule has 5 nitrogen and oxygen atoms in total. The Morgan fingerprint density at radius 2 is 1.95 bits per heavy atom. The number of ether oxygens (including phenoxy) is 1. The predicted octanol–water partition coefficient (Wildman–Crippen LogP) is 2.77. The van der Waals surface area contributed by atoms with E-state index in [4.69, 9.17) is 15.7 Å². The van der Waals surface area contributed by atoms with Crippen LogP contribution in [0.25, 0.3) is 0 Å². The first kappa shape index (κ1) is 14.2. The van der Waals surface area contributed by atoms with E-state index in [1.807, 2.05) is 6.07 Å². The van der Waals surface area contributed by atoms with Crippen molar-refractivity contribution in [3.63, 3.8) is 0 Å². The third-order valence-electron chi connectivity index (χ3n) is 4.48. The third kappa shape index (κ3) is 3.12. The molecule has 0 radical (unpaired) electrons. The van der Waals surface area contributed by atoms with Gasteiger partial charge in [0.25, 0.3) is 0 Å². The minimum atomic E-state index is 0.0849. The van der Waals surface area contributed by atoms with E-state index in [0.29, 0.717) is 11.4 Å². The van der Waals surface area contributed by atoms with Crippen molar-refractivity contribution < 1.29 is 9.94 Å². The van der Waals surface area contributed by atoms with Crippen LogP contribution in [-0.4, -0.2) is 22.1 Å². The molecule has 1 heterocycles. The number of nitrogens with zero attached hydrogens (tertiary/aromatic N) is 2. The summed E-state index contributed by atoms with van der Waals surface area (Å²) in [6.07, 6.45) is 10.4. The van der Waals surface area contributed by atoms with Crippen LogP contribution in [0.4, 0.5) is 0 Å². The second-order valence-corrected chi connectivity index (χ2v) is 6.02. The fourth-order valence-corrected chi connectivity index (χ4v) is 3.28. The van der Waals surface area contributed by atoms with Gasteiger partial charge in [0.2, 0.25) is 5.88 Å². The first-order chi connectivity index (χ1) is 10.3. The molecule has 0 saturated heterocycles. The summed E-state index contributed by atoms with van der Waals surface area (Å²) in [5.41, 5.74) is 8.76. The van der Waals surface area contributed by atoms with E-state index in [0.717, 1.165) is 31.4 Å². The molecule has 0 spiro atoms. The van der Waals surface area contributed by atoms with Crippen LogP contribution < -0.4 is 10.5 Å². The van der Waals surface area contributed by atoms with Crippen LogP contribution in [-0.2, 0) is 12.8 Å². The molecule has 2 aliphatic rings. The summed E-state index contributed by atoms with van der Waals surface area (Å²) in [7, 11) is 0. The van der Waals surface area contributed by atoms with Crippen molar-refractivity contribution in [2.75, 3.05) is 0 Å². The molecule has 1 fully saturated rings. The van der Waals surface area contributed by atoms with E-state index in [9.17, 15) is 0 Å². The second kappa shape index (κ2) is 6.33. The monoisotopic (exact) mass is 289 g/mol. The van der Waals surface area contributed by atoms with Crippen molar-refractivity contribution in [3.8, 4) is 5.88 Å². The number of aryl methyl sites for hydroxylation is 2. The number of pyridine rings is 1. The van der Waals surface area contributed by atoms with E-state index < -0.39 is 0 Å². The summed E-state index contributed by atoms with van der Waals surface area (Å²) in [5, 5.41) is 12.1. The maximum atomic E-state index is 9.00. The molecule has 5 heteroatoms. The summed E-state index contributed by atoms with van der Waals surface area (Å²) in [6, 6.07) is 1.99. The lowest BCUT2D eigenvalue weighted by Crippen LogP contribution is -2.24. The Balaban J connectivity index is 1.92. The lowest BCUT2D eigenvalue weighted by atomic mass is 9.94. The smallest absolute Gasteiger partial charge is 0.225 e. The Morgan fingerprint density at radius 1 is 1.19 bits per heavy atom. The van der Waals surface area contributed by atoms with Crippen molar-refractivity contribution >= 4 is 5.84 Å². The SMILES string of the molecule is NC(=NO)c1cc2c(nc1OC1CCCCC1)CCCC2. The molecule has 1 aromatic heterocycles. The van der Waals surface area contributed by atoms with Gasteiger partial charge in [-0.25, -0.2) is 4.98 Å². The minimum absolute atomic E-state index is 0.0849. The van der Waals surface area contributed by atoms with Gasteiger partial charge >= 0.3 is 0 Å². The van der Waals surface area contributed by atoms with Crippen molar-refractivity contribution in [3.05, 3.63) is 22.9 Å². The summed E-state index contributed by atoms with van der Waals surface area (Å²) >= 11 is 0. The predicted molar refractivity (Wildman–Crippen MR) is 80.9 cm³/mol. The zero-order valence-electron chi connectivity index (χ0n) is 12.3. The average Bonchev–Trinajstić information content (AvgIpc) is 2.54. The maximum Gasteiger partial charge on any atom is 0.225 e. The highest BCUT2D eigenvalue weighted by atomic mass is 16.5. The quantitative estimate of drug-likeness (QED) is 0.388. The summed E-state index contributed by atoms with van der Waals surface area (Å²) in [4.78, 5) is 4.68. The molecule has 1 saturated carbocycles. The van der Waals surface area contributed by atoms with E-state index in [1.165, 1.54) is 37.7 Å². The number of hydrogen-bond acceptors (Lipinski definition) is 4. The Kier molecular flexibility index (Phi) is 4.27. The molecule has 3 rings (SSSR count). The molecule has 0 atom stereocenters. The van der Waals surface area contributed by atoms with Crippen LogP contribution in [0.15, 0.2) is 11.2 Å². The third-order valence-corrected chi connectivity index (χ3v) is 4.48. The molecule has 0 amide bonds. The average molecular weight is 289 g/mol. The van der Waals surface area contributed by atoms with Gasteiger partial charge in [0.15, 0.2) is 5.84 Å². The van der Waals surface area contributed by atoms with Gasteiger partial charge in [0.05, 0.1) is 5.56 Å². The molecular weight excluding hydrogens is 266 g/mol. The molecular formula is C16H23N3O2. The van der Waals surface area contributed by atoms with Crippen molar-refractivity contribution in [2.24, 2.45) is 10.9 Å². The van der Waals surface area contributed by atoms with Crippen molar-refractivity contribution in [1.82, 2.24) is 4.98 Å². The Bertz CT molecular complexity index is 537. The maximum absolute atomic E-state index is 9.00. The fourth-order valence-electron chi connectivity index (χ4n) is 3.28. The minimum Gasteiger partial charge on any atom is -0.474 e. The molecule has 2 aliphatic carbocycles. The largest absolute Gasteiger partial charge is 0.474 e. The van der Waals surface area contributed by atoms with Gasteiger partial charge < -0.3 is 15.7 Å². The molecule has 1 aromatic rings. The topological polar surface area (TPSA) is 80.7 Å². The van der Waals surface area contributed by atoms with E-state index in [2.05, 4.69) is 10.1 Å². The molecule has 0 unspecified atom stereocenters. The number of amidine groups is 1. The van der Waals surface area contributed by atoms with Gasteiger partial charge in [-0.2, -0.15) is 0 Å². The van der Waals surface area contributed by atoms with Crippen LogP contribution in [0, 0.1) is 0 Å². The van der Waals surface area contributed by atoms with Gasteiger partial charge in [-0.05, 0) is 63.0 Å². The zero-order chi connectivity index (χ0) is 14.7. The van der Waals surface area contributed by atoms with Crippen molar-refractivity contribution in [2.45, 2.75) is 63.9 Å². The Hall–Kier alpha value is -1.78. The zero-order valence-corrected chi connectivity index (χ0v) is 12.3. The van der Waals surface area contributed by atoms with Crippen LogP contribution in [0.5, 0.6) is 5.88 Å². The Labute approximate surface area is 125 Å². The van der Waals surface area contributed by atoms with Crippen LogP contribution in [0.2, 0.25) is 0 Å². The summed E-state index contributed by atoms with van der Waals surface area (Å²) in [5.74, 6) is 0.625. The molecule has 21 heavy (non-hydrogen) atoms. The van der Waals surface area contributed by atoms with Gasteiger partial charge in [-0.3, -0.25) is 0 Å². The Morgan fingerprint density at radius 3 is 2.71 bits per heavy atom. The number of aromatic nitrogens is 1. The van der Waals surface area contributed by atoms with Gasteiger partial charge in [-0.1, -0.05) is 11.6 Å². The highest BCUT2D eigenvalue weighted by Gasteiger charge is 2.22.